The van der Waals surface area contributed by atoms with Gasteiger partial charge in [-0.15, -0.1) is 0 Å². The molecule has 1 fully saturated rings. The molecule has 4 rings (SSSR count). The van der Waals surface area contributed by atoms with Crippen molar-refractivity contribution in [3.05, 3.63) is 90.0 Å². The number of nitrogens with one attached hydrogen (secondary N) is 1. The van der Waals surface area contributed by atoms with Gasteiger partial charge in [-0.3, -0.25) is 9.69 Å². The number of piperazine rings is 1. The number of hydrogen-bond donors (Lipinski definition) is 1. The Kier molecular flexibility index (Phi) is 8.38. The van der Waals surface area contributed by atoms with Crippen LogP contribution in [0.5, 0.6) is 5.75 Å². The molecule has 1 saturated heterocycles. The van der Waals surface area contributed by atoms with E-state index in [2.05, 4.69) is 44.3 Å². The van der Waals surface area contributed by atoms with Crippen molar-refractivity contribution in [2.45, 2.75) is 6.04 Å². The van der Waals surface area contributed by atoms with Crippen LogP contribution >= 0.6 is 0 Å². The molecule has 190 valence electrons. The van der Waals surface area contributed by atoms with E-state index in [1.807, 2.05) is 26.2 Å². The lowest BCUT2D eigenvalue weighted by Crippen LogP contribution is -2.50. The van der Waals surface area contributed by atoms with Crippen LogP contribution < -0.4 is 19.9 Å². The van der Waals surface area contributed by atoms with Gasteiger partial charge in [-0.25, -0.2) is 8.78 Å². The van der Waals surface area contributed by atoms with Crippen LogP contribution in [0.15, 0.2) is 72.8 Å². The van der Waals surface area contributed by atoms with E-state index < -0.39 is 0 Å². The van der Waals surface area contributed by atoms with E-state index in [4.69, 9.17) is 4.74 Å². The third-order valence-corrected chi connectivity index (χ3v) is 6.42. The van der Waals surface area contributed by atoms with E-state index in [0.717, 1.165) is 43.1 Å². The lowest BCUT2D eigenvalue weighted by molar-refractivity contribution is -0.123. The molecule has 3 aromatic carbocycles. The fraction of sp³-hybridized carbons (Fsp3) is 0.321. The fourth-order valence-electron chi connectivity index (χ4n) is 4.34. The van der Waals surface area contributed by atoms with Crippen LogP contribution in [0, 0.1) is 11.6 Å². The standard InChI is InChI=1S/C28H32F2N4O2/c1-32(2)24-9-3-21(4-10-24)27(19-31-28(35)20-36-26-13-7-23(30)8-14-26)34-17-15-33(16-18-34)25-11-5-22(29)6-12-25/h3-14,27H,15-20H2,1-2H3,(H,31,35)/t27-/m0/s1. The Bertz CT molecular complexity index is 1110. The van der Waals surface area contributed by atoms with E-state index in [9.17, 15) is 13.6 Å². The number of amides is 1. The van der Waals surface area contributed by atoms with E-state index >= 15 is 0 Å². The number of benzene rings is 3. The molecule has 0 saturated carbocycles. The molecule has 0 bridgehead atoms. The van der Waals surface area contributed by atoms with E-state index in [-0.39, 0.29) is 30.2 Å². The van der Waals surface area contributed by atoms with E-state index in [1.54, 1.807) is 0 Å². The Morgan fingerprint density at radius 3 is 2.06 bits per heavy atom. The minimum Gasteiger partial charge on any atom is -0.484 e. The first kappa shape index (κ1) is 25.4. The highest BCUT2D eigenvalue weighted by Crippen LogP contribution is 2.26. The summed E-state index contributed by atoms with van der Waals surface area (Å²) in [6.07, 6.45) is 0. The Hall–Kier alpha value is -3.65. The Balaban J connectivity index is 1.39. The summed E-state index contributed by atoms with van der Waals surface area (Å²) in [7, 11) is 4.00. The zero-order chi connectivity index (χ0) is 25.5. The molecule has 1 amide bonds. The first-order valence-corrected chi connectivity index (χ1v) is 12.1. The van der Waals surface area contributed by atoms with Crippen LogP contribution in [0.2, 0.25) is 0 Å². The zero-order valence-electron chi connectivity index (χ0n) is 20.7. The van der Waals surface area contributed by atoms with Gasteiger partial charge in [-0.05, 0) is 66.2 Å². The zero-order valence-corrected chi connectivity index (χ0v) is 20.7. The summed E-state index contributed by atoms with van der Waals surface area (Å²) in [6.45, 7) is 3.51. The van der Waals surface area contributed by atoms with Gasteiger partial charge < -0.3 is 19.9 Å². The van der Waals surface area contributed by atoms with Crippen molar-refractivity contribution in [1.82, 2.24) is 10.2 Å². The number of rotatable bonds is 9. The number of ether oxygens (including phenoxy) is 1. The van der Waals surface area contributed by atoms with E-state index in [0.29, 0.717) is 12.3 Å². The minimum atomic E-state index is -0.352. The molecule has 0 unspecified atom stereocenters. The third kappa shape index (κ3) is 6.73. The normalized spacial score (nSPS) is 14.8. The molecular weight excluding hydrogens is 462 g/mol. The first-order valence-electron chi connectivity index (χ1n) is 12.1. The molecule has 6 nitrogen and oxygen atoms in total. The van der Waals surface area contributed by atoms with Gasteiger partial charge in [-0.2, -0.15) is 0 Å². The summed E-state index contributed by atoms with van der Waals surface area (Å²) in [5, 5.41) is 3.00. The Morgan fingerprint density at radius 1 is 0.889 bits per heavy atom. The summed E-state index contributed by atoms with van der Waals surface area (Å²) in [5.41, 5.74) is 3.24. The number of hydrogen-bond acceptors (Lipinski definition) is 5. The second-order valence-corrected chi connectivity index (χ2v) is 9.05. The Labute approximate surface area is 211 Å². The first-order chi connectivity index (χ1) is 17.4. The molecule has 36 heavy (non-hydrogen) atoms. The number of carbonyl (C=O) groups is 1. The van der Waals surface area contributed by atoms with Crippen molar-refractivity contribution in [2.24, 2.45) is 0 Å². The van der Waals surface area contributed by atoms with Crippen molar-refractivity contribution in [3.63, 3.8) is 0 Å². The topological polar surface area (TPSA) is 48.1 Å². The van der Waals surface area contributed by atoms with Gasteiger partial charge in [-0.1, -0.05) is 12.1 Å². The molecule has 0 radical (unpaired) electrons. The van der Waals surface area contributed by atoms with Crippen molar-refractivity contribution in [2.75, 3.05) is 63.2 Å². The van der Waals surface area contributed by atoms with Crippen molar-refractivity contribution in [1.29, 1.82) is 0 Å². The van der Waals surface area contributed by atoms with Crippen molar-refractivity contribution < 1.29 is 18.3 Å². The van der Waals surface area contributed by atoms with Crippen LogP contribution in [0.25, 0.3) is 0 Å². The summed E-state index contributed by atoms with van der Waals surface area (Å²) >= 11 is 0. The minimum absolute atomic E-state index is 0.00801. The molecule has 1 aliphatic rings. The van der Waals surface area contributed by atoms with E-state index in [1.165, 1.54) is 36.4 Å². The number of carbonyl (C=O) groups excluding carboxylic acids is 1. The van der Waals surface area contributed by atoms with Gasteiger partial charge in [0.15, 0.2) is 6.61 Å². The quantitative estimate of drug-likeness (QED) is 0.486. The molecule has 3 aromatic rings. The number of halogens is 2. The predicted octanol–water partition coefficient (Wildman–Crippen LogP) is 4.09. The maximum atomic E-state index is 13.3. The van der Waals surface area contributed by atoms with Crippen LogP contribution in [0.4, 0.5) is 20.2 Å². The molecular formula is C28H32F2N4O2. The molecule has 0 spiro atoms. The maximum Gasteiger partial charge on any atom is 0.258 e. The summed E-state index contributed by atoms with van der Waals surface area (Å²) in [6, 6.07) is 20.5. The van der Waals surface area contributed by atoms with Crippen LogP contribution in [0.1, 0.15) is 11.6 Å². The molecule has 1 aliphatic heterocycles. The summed E-state index contributed by atoms with van der Waals surface area (Å²) in [5.74, 6) is -0.384. The molecule has 1 N–H and O–H groups in total. The average Bonchev–Trinajstić information content (AvgIpc) is 2.89. The van der Waals surface area contributed by atoms with Crippen LogP contribution in [0.3, 0.4) is 0 Å². The third-order valence-electron chi connectivity index (χ3n) is 6.42. The Morgan fingerprint density at radius 2 is 1.47 bits per heavy atom. The SMILES string of the molecule is CN(C)c1ccc([C@H](CNC(=O)COc2ccc(F)cc2)N2CCN(c3ccc(F)cc3)CC2)cc1. The van der Waals surface area contributed by atoms with Gasteiger partial charge in [0.05, 0.1) is 6.04 Å². The van der Waals surface area contributed by atoms with Gasteiger partial charge in [0, 0.05) is 58.2 Å². The van der Waals surface area contributed by atoms with Crippen molar-refractivity contribution >= 4 is 17.3 Å². The molecule has 0 aromatic heterocycles. The molecule has 0 aliphatic carbocycles. The second-order valence-electron chi connectivity index (χ2n) is 9.05. The molecule has 1 heterocycles. The highest BCUT2D eigenvalue weighted by molar-refractivity contribution is 5.77. The van der Waals surface area contributed by atoms with Crippen LogP contribution in [-0.4, -0.2) is 64.2 Å². The fourth-order valence-corrected chi connectivity index (χ4v) is 4.34. The monoisotopic (exact) mass is 494 g/mol. The second kappa shape index (κ2) is 11.9. The molecule has 1 atom stereocenters. The van der Waals surface area contributed by atoms with Gasteiger partial charge >= 0.3 is 0 Å². The highest BCUT2D eigenvalue weighted by atomic mass is 19.1. The van der Waals surface area contributed by atoms with Gasteiger partial charge in [0.1, 0.15) is 17.4 Å². The van der Waals surface area contributed by atoms with Gasteiger partial charge in [0.2, 0.25) is 0 Å². The van der Waals surface area contributed by atoms with Crippen LogP contribution in [-0.2, 0) is 4.79 Å². The average molecular weight is 495 g/mol. The number of anilines is 2. The summed E-state index contributed by atoms with van der Waals surface area (Å²) in [4.78, 5) is 19.2. The van der Waals surface area contributed by atoms with Crippen molar-refractivity contribution in [3.8, 4) is 5.75 Å². The molecule has 8 heteroatoms. The summed E-state index contributed by atoms with van der Waals surface area (Å²) < 4.78 is 31.9. The lowest BCUT2D eigenvalue weighted by atomic mass is 10.0. The highest BCUT2D eigenvalue weighted by Gasteiger charge is 2.26. The van der Waals surface area contributed by atoms with Gasteiger partial charge in [0.25, 0.3) is 5.91 Å². The smallest absolute Gasteiger partial charge is 0.258 e. The number of nitrogens with zero attached hydrogens (tertiary/aromatic N) is 3. The predicted molar refractivity (Wildman–Crippen MR) is 139 cm³/mol. The largest absolute Gasteiger partial charge is 0.484 e. The maximum absolute atomic E-state index is 13.3. The lowest BCUT2D eigenvalue weighted by Gasteiger charge is -2.40.